The molecule has 2 atom stereocenters. The number of rotatable bonds is 6. The normalized spacial score (nSPS) is 33.7. The highest BCUT2D eigenvalue weighted by Crippen LogP contribution is 2.32. The summed E-state index contributed by atoms with van der Waals surface area (Å²) in [6.07, 6.45) is 8.44. The highest BCUT2D eigenvalue weighted by molar-refractivity contribution is 5.76. The van der Waals surface area contributed by atoms with E-state index in [9.17, 15) is 4.79 Å². The van der Waals surface area contributed by atoms with Gasteiger partial charge in [-0.25, -0.2) is 0 Å². The first kappa shape index (κ1) is 13.4. The van der Waals surface area contributed by atoms with Crippen molar-refractivity contribution in [3.63, 3.8) is 0 Å². The Kier molecular flexibility index (Phi) is 4.08. The molecule has 3 fully saturated rings. The molecule has 3 rings (SSSR count). The van der Waals surface area contributed by atoms with Crippen LogP contribution in [-0.2, 0) is 4.79 Å². The van der Waals surface area contributed by atoms with Gasteiger partial charge in [0.2, 0.25) is 5.91 Å². The minimum Gasteiger partial charge on any atom is -0.355 e. The van der Waals surface area contributed by atoms with Crippen LogP contribution < -0.4 is 10.6 Å². The molecule has 2 N–H and O–H groups in total. The van der Waals surface area contributed by atoms with Gasteiger partial charge in [0.25, 0.3) is 0 Å². The Morgan fingerprint density at radius 2 is 1.89 bits per heavy atom. The monoisotopic (exact) mass is 265 g/mol. The van der Waals surface area contributed by atoms with Gasteiger partial charge in [-0.2, -0.15) is 0 Å². The van der Waals surface area contributed by atoms with E-state index in [1.807, 2.05) is 0 Å². The maximum atomic E-state index is 12.0. The number of hydrogen-bond donors (Lipinski definition) is 2. The van der Waals surface area contributed by atoms with Crippen LogP contribution in [0.4, 0.5) is 0 Å². The lowest BCUT2D eigenvalue weighted by molar-refractivity contribution is -0.122. The van der Waals surface area contributed by atoms with Gasteiger partial charge in [0, 0.05) is 37.6 Å². The number of amides is 1. The van der Waals surface area contributed by atoms with Gasteiger partial charge in [-0.1, -0.05) is 0 Å². The fourth-order valence-electron chi connectivity index (χ4n) is 3.75. The van der Waals surface area contributed by atoms with Crippen molar-refractivity contribution in [1.29, 1.82) is 0 Å². The van der Waals surface area contributed by atoms with Crippen molar-refractivity contribution in [2.45, 2.75) is 63.1 Å². The van der Waals surface area contributed by atoms with Crippen molar-refractivity contribution < 1.29 is 4.79 Å². The SMILES string of the molecule is CN(CCNC(=O)CC1CC2CCC(C1)N2)C1CC1. The molecule has 2 bridgehead atoms. The van der Waals surface area contributed by atoms with Gasteiger partial charge in [-0.05, 0) is 51.5 Å². The van der Waals surface area contributed by atoms with Crippen molar-refractivity contribution in [1.82, 2.24) is 15.5 Å². The molecule has 2 heterocycles. The minimum absolute atomic E-state index is 0.260. The standard InChI is InChI=1S/C15H27N3O/c1-18(14-4-5-14)7-6-16-15(19)10-11-8-12-2-3-13(9-11)17-12/h11-14,17H,2-10H2,1H3,(H,16,19). The predicted molar refractivity (Wildman–Crippen MR) is 75.9 cm³/mol. The molecule has 0 aromatic carbocycles. The molecule has 2 unspecified atom stereocenters. The Bertz CT molecular complexity index is 317. The van der Waals surface area contributed by atoms with E-state index in [1.165, 1.54) is 38.5 Å². The third-order valence-corrected chi connectivity index (χ3v) is 5.00. The van der Waals surface area contributed by atoms with Crippen LogP contribution in [0.1, 0.15) is 44.9 Å². The van der Waals surface area contributed by atoms with Gasteiger partial charge in [0.1, 0.15) is 0 Å². The number of likely N-dealkylation sites (N-methyl/N-ethyl adjacent to an activating group) is 1. The van der Waals surface area contributed by atoms with Crippen LogP contribution in [0.15, 0.2) is 0 Å². The first-order valence-corrected chi connectivity index (χ1v) is 7.93. The molecule has 2 saturated heterocycles. The summed E-state index contributed by atoms with van der Waals surface area (Å²) in [5, 5.41) is 6.73. The summed E-state index contributed by atoms with van der Waals surface area (Å²) >= 11 is 0. The van der Waals surface area contributed by atoms with Crippen molar-refractivity contribution in [3.8, 4) is 0 Å². The highest BCUT2D eigenvalue weighted by atomic mass is 16.1. The Balaban J connectivity index is 1.32. The number of fused-ring (bicyclic) bond motifs is 2. The molecular formula is C15H27N3O. The van der Waals surface area contributed by atoms with Crippen LogP contribution in [0, 0.1) is 5.92 Å². The summed E-state index contributed by atoms with van der Waals surface area (Å²) in [7, 11) is 2.16. The fraction of sp³-hybridized carbons (Fsp3) is 0.933. The van der Waals surface area contributed by atoms with Crippen molar-refractivity contribution in [2.24, 2.45) is 5.92 Å². The average molecular weight is 265 g/mol. The van der Waals surface area contributed by atoms with Crippen molar-refractivity contribution in [3.05, 3.63) is 0 Å². The number of piperidine rings is 1. The lowest BCUT2D eigenvalue weighted by Crippen LogP contribution is -2.40. The predicted octanol–water partition coefficient (Wildman–Crippen LogP) is 1.12. The molecule has 19 heavy (non-hydrogen) atoms. The summed E-state index contributed by atoms with van der Waals surface area (Å²) < 4.78 is 0. The van der Waals surface area contributed by atoms with E-state index in [4.69, 9.17) is 0 Å². The number of carbonyl (C=O) groups excluding carboxylic acids is 1. The van der Waals surface area contributed by atoms with Gasteiger partial charge in [0.15, 0.2) is 0 Å². The smallest absolute Gasteiger partial charge is 0.220 e. The number of nitrogens with one attached hydrogen (secondary N) is 2. The Morgan fingerprint density at radius 3 is 2.53 bits per heavy atom. The lowest BCUT2D eigenvalue weighted by atomic mass is 9.89. The summed E-state index contributed by atoms with van der Waals surface area (Å²) in [5.41, 5.74) is 0. The quantitative estimate of drug-likeness (QED) is 0.756. The van der Waals surface area contributed by atoms with E-state index in [-0.39, 0.29) is 5.91 Å². The molecule has 0 spiro atoms. The second kappa shape index (κ2) is 5.80. The van der Waals surface area contributed by atoms with E-state index in [0.29, 0.717) is 18.0 Å². The Labute approximate surface area is 116 Å². The summed E-state index contributed by atoms with van der Waals surface area (Å²) in [5.74, 6) is 0.871. The fourth-order valence-corrected chi connectivity index (χ4v) is 3.75. The van der Waals surface area contributed by atoms with Gasteiger partial charge in [0.05, 0.1) is 0 Å². The first-order valence-electron chi connectivity index (χ1n) is 7.93. The summed E-state index contributed by atoms with van der Waals surface area (Å²) in [6.45, 7) is 1.80. The molecule has 3 aliphatic rings. The largest absolute Gasteiger partial charge is 0.355 e. The molecule has 1 saturated carbocycles. The third-order valence-electron chi connectivity index (χ3n) is 5.00. The zero-order chi connectivity index (χ0) is 13.2. The van der Waals surface area contributed by atoms with Crippen LogP contribution in [0.2, 0.25) is 0 Å². The molecule has 4 nitrogen and oxygen atoms in total. The number of carbonyl (C=O) groups is 1. The summed E-state index contributed by atoms with van der Waals surface area (Å²) in [4.78, 5) is 14.3. The molecule has 1 amide bonds. The minimum atomic E-state index is 0.260. The van der Waals surface area contributed by atoms with E-state index in [2.05, 4.69) is 22.6 Å². The van der Waals surface area contributed by atoms with E-state index in [1.54, 1.807) is 0 Å². The lowest BCUT2D eigenvalue weighted by Gasteiger charge is -2.28. The Hall–Kier alpha value is -0.610. The highest BCUT2D eigenvalue weighted by Gasteiger charge is 2.34. The van der Waals surface area contributed by atoms with E-state index < -0.39 is 0 Å². The zero-order valence-electron chi connectivity index (χ0n) is 12.0. The molecule has 4 heteroatoms. The second-order valence-electron chi connectivity index (χ2n) is 6.74. The molecular weight excluding hydrogens is 238 g/mol. The molecule has 108 valence electrons. The number of hydrogen-bond acceptors (Lipinski definition) is 3. The van der Waals surface area contributed by atoms with Crippen LogP contribution >= 0.6 is 0 Å². The van der Waals surface area contributed by atoms with Gasteiger partial charge in [-0.3, -0.25) is 4.79 Å². The van der Waals surface area contributed by atoms with E-state index >= 15 is 0 Å². The third kappa shape index (κ3) is 3.69. The second-order valence-corrected chi connectivity index (χ2v) is 6.74. The number of nitrogens with zero attached hydrogens (tertiary/aromatic N) is 1. The topological polar surface area (TPSA) is 44.4 Å². The van der Waals surface area contributed by atoms with Crippen LogP contribution in [0.5, 0.6) is 0 Å². The van der Waals surface area contributed by atoms with Crippen LogP contribution in [0.25, 0.3) is 0 Å². The van der Waals surface area contributed by atoms with Crippen LogP contribution in [-0.4, -0.2) is 49.1 Å². The molecule has 2 aliphatic heterocycles. The zero-order valence-corrected chi connectivity index (χ0v) is 12.0. The molecule has 0 radical (unpaired) electrons. The first-order chi connectivity index (χ1) is 9.20. The van der Waals surface area contributed by atoms with Gasteiger partial charge in [-0.15, -0.1) is 0 Å². The van der Waals surface area contributed by atoms with Gasteiger partial charge >= 0.3 is 0 Å². The van der Waals surface area contributed by atoms with E-state index in [0.717, 1.165) is 25.6 Å². The maximum Gasteiger partial charge on any atom is 0.220 e. The Morgan fingerprint density at radius 1 is 1.21 bits per heavy atom. The molecule has 1 aliphatic carbocycles. The molecule has 0 aromatic rings. The van der Waals surface area contributed by atoms with Gasteiger partial charge < -0.3 is 15.5 Å². The maximum absolute atomic E-state index is 12.0. The average Bonchev–Trinajstić information content (AvgIpc) is 3.16. The summed E-state index contributed by atoms with van der Waals surface area (Å²) in [6, 6.07) is 2.17. The van der Waals surface area contributed by atoms with Crippen molar-refractivity contribution >= 4 is 5.91 Å². The molecule has 0 aromatic heterocycles. The van der Waals surface area contributed by atoms with Crippen LogP contribution in [0.3, 0.4) is 0 Å². The van der Waals surface area contributed by atoms with Crippen molar-refractivity contribution in [2.75, 3.05) is 20.1 Å².